The maximum atomic E-state index is 13.5. The maximum Gasteiger partial charge on any atom is 0.306 e. The van der Waals surface area contributed by atoms with Crippen molar-refractivity contribution in [2.75, 3.05) is 40.9 Å². The third-order valence-corrected chi connectivity index (χ3v) is 14.8. The number of esters is 1. The van der Waals surface area contributed by atoms with Gasteiger partial charge in [-0.1, -0.05) is 264 Å². The first kappa shape index (κ1) is 78.1. The van der Waals surface area contributed by atoms with Gasteiger partial charge in [0.15, 0.2) is 0 Å². The second-order valence-corrected chi connectivity index (χ2v) is 24.3. The van der Waals surface area contributed by atoms with Crippen LogP contribution in [0.4, 0.5) is 0 Å². The van der Waals surface area contributed by atoms with Crippen LogP contribution >= 0.6 is 7.82 Å². The summed E-state index contributed by atoms with van der Waals surface area (Å²) in [6.07, 6.45) is 85.8. The molecule has 0 aromatic rings. The molecule has 0 aliphatic carbocycles. The van der Waals surface area contributed by atoms with Gasteiger partial charge in [0.1, 0.15) is 19.3 Å². The van der Waals surface area contributed by atoms with E-state index in [1.165, 1.54) is 96.3 Å². The lowest BCUT2D eigenvalue weighted by atomic mass is 10.0. The summed E-state index contributed by atoms with van der Waals surface area (Å²) in [4.78, 5) is 40.0. The van der Waals surface area contributed by atoms with Crippen molar-refractivity contribution in [2.24, 2.45) is 0 Å². The summed E-state index contributed by atoms with van der Waals surface area (Å²) in [6, 6.07) is -0.928. The monoisotopic (exact) mass is 1160 g/mol. The first-order valence-corrected chi connectivity index (χ1v) is 34.5. The molecule has 0 heterocycles. The van der Waals surface area contributed by atoms with E-state index in [0.29, 0.717) is 23.9 Å². The number of rotatable bonds is 58. The van der Waals surface area contributed by atoms with Gasteiger partial charge in [0.05, 0.1) is 33.8 Å². The zero-order valence-corrected chi connectivity index (χ0v) is 54.3. The predicted molar refractivity (Wildman–Crippen MR) is 353 cm³/mol. The standard InChI is InChI=1S/C72H123N2O7P/c1-7-10-13-16-19-22-25-28-30-32-33-34-35-36-37-38-39-40-41-43-45-47-50-53-56-59-62-65-72(76)81-70(63-60-57-54-51-48-27-24-21-18-15-12-9-3)69(68-80-82(77,78)79-67-66-74(4,5)6)73-71(75)64-61-58-55-52-49-46-44-42-31-29-26-23-20-17-14-11-8-2/h10-11,13-14,19-20,22-23,28-31,33-34,36-37,44,46,52,55,60,63,69-70H,7-9,12,15-18,21,24-27,32,35,38-43,45,47-51,53-54,56-59,61-62,64-68H2,1-6H3,(H-,73,75,77,78)/b13-10-,14-11-,22-19-,23-20-,30-28-,31-29-,34-33-,37-36-,46-44-,55-52-,63-60-. The van der Waals surface area contributed by atoms with Gasteiger partial charge in [0.2, 0.25) is 5.91 Å². The number of ether oxygens (including phenoxy) is 1. The molecule has 1 amide bonds. The lowest BCUT2D eigenvalue weighted by Gasteiger charge is -2.30. The molecule has 0 radical (unpaired) electrons. The van der Waals surface area contributed by atoms with Crippen LogP contribution in [0.2, 0.25) is 0 Å². The molecule has 0 spiro atoms. The van der Waals surface area contributed by atoms with E-state index in [1.54, 1.807) is 0 Å². The summed E-state index contributed by atoms with van der Waals surface area (Å²) in [7, 11) is 1.13. The minimum Gasteiger partial charge on any atom is -0.756 e. The number of unbranched alkanes of at least 4 members (excludes halogenated alkanes) is 22. The number of nitrogens with zero attached hydrogens (tertiary/aromatic N) is 1. The molecule has 82 heavy (non-hydrogen) atoms. The van der Waals surface area contributed by atoms with Gasteiger partial charge in [-0.2, -0.15) is 0 Å². The van der Waals surface area contributed by atoms with E-state index in [2.05, 4.69) is 148 Å². The van der Waals surface area contributed by atoms with Gasteiger partial charge < -0.3 is 28.5 Å². The molecule has 0 aromatic carbocycles. The summed E-state index contributed by atoms with van der Waals surface area (Å²) < 4.78 is 30.3. The Morgan fingerprint density at radius 3 is 1.20 bits per heavy atom. The van der Waals surface area contributed by atoms with Crippen molar-refractivity contribution in [1.29, 1.82) is 0 Å². The SMILES string of the molecule is CC/C=C\C/C=C\C/C=C\C/C=C\C/C=C\CCCCCCCCCCCCCC(=O)OC(/C=C\CCCCCCCCCCCC)C(COP(=O)([O-])OCC[N+](C)(C)C)NC(=O)CCC/C=C\C/C=C\C/C=C\C/C=C\C/C=C\CC. The van der Waals surface area contributed by atoms with Crippen molar-refractivity contribution < 1.29 is 37.3 Å². The Morgan fingerprint density at radius 2 is 0.793 bits per heavy atom. The average Bonchev–Trinajstić information content (AvgIpc) is 3.44. The van der Waals surface area contributed by atoms with Crippen molar-refractivity contribution in [3.63, 3.8) is 0 Å². The predicted octanol–water partition coefficient (Wildman–Crippen LogP) is 20.2. The molecule has 10 heteroatoms. The van der Waals surface area contributed by atoms with Crippen LogP contribution in [0, 0.1) is 0 Å². The molecule has 0 aliphatic heterocycles. The molecule has 468 valence electrons. The Hall–Kier alpha value is -3.85. The number of allylic oxidation sites excluding steroid dienone is 21. The van der Waals surface area contributed by atoms with Crippen LogP contribution in [0.1, 0.15) is 258 Å². The van der Waals surface area contributed by atoms with Gasteiger partial charge in [-0.05, 0) is 115 Å². The highest BCUT2D eigenvalue weighted by Gasteiger charge is 2.27. The Morgan fingerprint density at radius 1 is 0.439 bits per heavy atom. The number of carbonyl (C=O) groups is 2. The number of phosphoric ester groups is 1. The highest BCUT2D eigenvalue weighted by molar-refractivity contribution is 7.45. The fourth-order valence-corrected chi connectivity index (χ4v) is 9.54. The molecule has 0 rings (SSSR count). The zero-order valence-electron chi connectivity index (χ0n) is 53.4. The van der Waals surface area contributed by atoms with Crippen LogP contribution in [0.5, 0.6) is 0 Å². The van der Waals surface area contributed by atoms with Crippen LogP contribution in [-0.2, 0) is 27.9 Å². The van der Waals surface area contributed by atoms with Crippen molar-refractivity contribution in [2.45, 2.75) is 270 Å². The fraction of sp³-hybridized carbons (Fsp3) is 0.667. The van der Waals surface area contributed by atoms with E-state index >= 15 is 0 Å². The van der Waals surface area contributed by atoms with Gasteiger partial charge in [0, 0.05) is 12.8 Å². The number of likely N-dealkylation sites (N-methyl/N-ethyl adjacent to an activating group) is 1. The van der Waals surface area contributed by atoms with Gasteiger partial charge in [0.25, 0.3) is 7.82 Å². The molecule has 3 unspecified atom stereocenters. The number of phosphoric acid groups is 1. The molecular weight excluding hydrogens is 1040 g/mol. The van der Waals surface area contributed by atoms with E-state index < -0.39 is 26.6 Å². The van der Waals surface area contributed by atoms with Crippen molar-refractivity contribution in [3.8, 4) is 0 Å². The zero-order chi connectivity index (χ0) is 60.0. The molecule has 3 atom stereocenters. The number of hydrogen-bond donors (Lipinski definition) is 1. The quantitative estimate of drug-likeness (QED) is 0.0212. The molecule has 0 bridgehead atoms. The summed E-state index contributed by atoms with van der Waals surface area (Å²) in [6.45, 7) is 6.56. The minimum absolute atomic E-state index is 0.0399. The second kappa shape index (κ2) is 60.3. The number of carbonyl (C=O) groups excluding carboxylic acids is 2. The first-order valence-electron chi connectivity index (χ1n) is 33.0. The number of amides is 1. The van der Waals surface area contributed by atoms with Crippen LogP contribution in [0.15, 0.2) is 134 Å². The van der Waals surface area contributed by atoms with Gasteiger partial charge in [-0.25, -0.2) is 0 Å². The molecule has 1 N–H and O–H groups in total. The van der Waals surface area contributed by atoms with Crippen molar-refractivity contribution in [1.82, 2.24) is 5.32 Å². The summed E-state index contributed by atoms with van der Waals surface area (Å²) in [5, 5.41) is 2.99. The minimum atomic E-state index is -4.73. The number of nitrogens with one attached hydrogen (secondary N) is 1. The average molecular weight is 1160 g/mol. The lowest BCUT2D eigenvalue weighted by Crippen LogP contribution is -2.47. The Bertz CT molecular complexity index is 1860. The summed E-state index contributed by atoms with van der Waals surface area (Å²) in [5.41, 5.74) is 0. The van der Waals surface area contributed by atoms with Crippen LogP contribution < -0.4 is 10.2 Å². The molecule has 0 aliphatic rings. The largest absolute Gasteiger partial charge is 0.756 e. The molecular formula is C72H123N2O7P. The molecule has 0 saturated carbocycles. The topological polar surface area (TPSA) is 114 Å². The molecule has 0 aromatic heterocycles. The third kappa shape index (κ3) is 60.7. The highest BCUT2D eigenvalue weighted by atomic mass is 31.2. The van der Waals surface area contributed by atoms with Crippen LogP contribution in [0.3, 0.4) is 0 Å². The normalized spacial score (nSPS) is 14.5. The molecule has 0 saturated heterocycles. The van der Waals surface area contributed by atoms with Gasteiger partial charge >= 0.3 is 5.97 Å². The van der Waals surface area contributed by atoms with Crippen molar-refractivity contribution in [3.05, 3.63) is 134 Å². The fourth-order valence-electron chi connectivity index (χ4n) is 8.82. The van der Waals surface area contributed by atoms with Gasteiger partial charge in [-0.15, -0.1) is 0 Å². The smallest absolute Gasteiger partial charge is 0.306 e. The maximum absolute atomic E-state index is 13.5. The Kier molecular flexibility index (Phi) is 57.4. The molecule has 9 nitrogen and oxygen atoms in total. The number of hydrogen-bond acceptors (Lipinski definition) is 7. The van der Waals surface area contributed by atoms with E-state index in [1.807, 2.05) is 33.3 Å². The van der Waals surface area contributed by atoms with E-state index in [-0.39, 0.29) is 31.3 Å². The third-order valence-electron chi connectivity index (χ3n) is 13.8. The number of quaternary nitrogens is 1. The van der Waals surface area contributed by atoms with E-state index in [0.717, 1.165) is 116 Å². The van der Waals surface area contributed by atoms with E-state index in [9.17, 15) is 19.0 Å². The first-order chi connectivity index (χ1) is 39.9. The summed E-state index contributed by atoms with van der Waals surface area (Å²) in [5.74, 6) is -0.619. The van der Waals surface area contributed by atoms with Crippen LogP contribution in [0.25, 0.3) is 0 Å². The molecule has 0 fully saturated rings. The summed E-state index contributed by atoms with van der Waals surface area (Å²) >= 11 is 0. The van der Waals surface area contributed by atoms with Crippen LogP contribution in [-0.4, -0.2) is 69.4 Å². The highest BCUT2D eigenvalue weighted by Crippen LogP contribution is 2.38. The Balaban J connectivity index is 5.18. The lowest BCUT2D eigenvalue weighted by molar-refractivity contribution is -0.870. The second-order valence-electron chi connectivity index (χ2n) is 22.9. The Labute approximate surface area is 505 Å². The van der Waals surface area contributed by atoms with E-state index in [4.69, 9.17) is 13.8 Å². The van der Waals surface area contributed by atoms with Gasteiger partial charge in [-0.3, -0.25) is 14.2 Å². The van der Waals surface area contributed by atoms with Crippen molar-refractivity contribution >= 4 is 19.7 Å².